The van der Waals surface area contributed by atoms with Gasteiger partial charge in [-0.25, -0.2) is 9.78 Å². The summed E-state index contributed by atoms with van der Waals surface area (Å²) in [5.41, 5.74) is 3.69. The number of fused-ring (bicyclic) bond motifs is 1. The van der Waals surface area contributed by atoms with Crippen LogP contribution in [-0.2, 0) is 0 Å². The average molecular weight is 302 g/mol. The minimum absolute atomic E-state index is 0.172. The molecule has 6 heteroatoms. The fourth-order valence-electron chi connectivity index (χ4n) is 2.43. The molecule has 0 saturated carbocycles. The number of aryl methyl sites for hydroxylation is 1. The van der Waals surface area contributed by atoms with E-state index in [9.17, 15) is 4.79 Å². The van der Waals surface area contributed by atoms with Crippen molar-refractivity contribution in [2.75, 3.05) is 0 Å². The zero-order chi connectivity index (χ0) is 15.0. The molecular weight excluding hydrogens is 284 g/mol. The third-order valence-corrected chi connectivity index (χ3v) is 4.69. The first-order valence-electron chi connectivity index (χ1n) is 6.93. The van der Waals surface area contributed by atoms with Crippen molar-refractivity contribution in [2.45, 2.75) is 32.9 Å². The summed E-state index contributed by atoms with van der Waals surface area (Å²) in [6, 6.07) is 6.33. The molecule has 2 atom stereocenters. The minimum Gasteiger partial charge on any atom is -0.306 e. The molecule has 2 unspecified atom stereocenters. The van der Waals surface area contributed by atoms with Crippen molar-refractivity contribution >= 4 is 22.4 Å². The fraction of sp³-hybridized carbons (Fsp3) is 0.333. The Morgan fingerprint density at radius 1 is 1.19 bits per heavy atom. The summed E-state index contributed by atoms with van der Waals surface area (Å²) < 4.78 is 0. The molecule has 3 rings (SSSR count). The van der Waals surface area contributed by atoms with Crippen LogP contribution in [0.3, 0.4) is 0 Å². The van der Waals surface area contributed by atoms with Crippen molar-refractivity contribution in [3.05, 3.63) is 50.3 Å². The van der Waals surface area contributed by atoms with Crippen LogP contribution in [0.5, 0.6) is 0 Å². The second-order valence-corrected chi connectivity index (χ2v) is 6.21. The number of thiazole rings is 1. The summed E-state index contributed by atoms with van der Waals surface area (Å²) in [6.45, 7) is 6.24. The number of rotatable bonds is 4. The monoisotopic (exact) mass is 302 g/mol. The molecule has 0 aliphatic rings. The van der Waals surface area contributed by atoms with Gasteiger partial charge in [0.25, 0.3) is 0 Å². The molecule has 0 bridgehead atoms. The molecule has 3 N–H and O–H groups in total. The Labute approximate surface area is 126 Å². The Hall–Kier alpha value is -1.92. The molecular formula is C15H18N4OS. The van der Waals surface area contributed by atoms with E-state index in [4.69, 9.17) is 0 Å². The van der Waals surface area contributed by atoms with Gasteiger partial charge in [-0.1, -0.05) is 6.07 Å². The van der Waals surface area contributed by atoms with E-state index in [1.165, 1.54) is 0 Å². The van der Waals surface area contributed by atoms with Gasteiger partial charge in [-0.15, -0.1) is 11.3 Å². The Kier molecular flexibility index (Phi) is 3.65. The Morgan fingerprint density at radius 2 is 1.95 bits per heavy atom. The third kappa shape index (κ3) is 2.91. The van der Waals surface area contributed by atoms with Crippen molar-refractivity contribution in [1.82, 2.24) is 20.3 Å². The van der Waals surface area contributed by atoms with E-state index in [0.717, 1.165) is 27.3 Å². The maximum absolute atomic E-state index is 11.3. The Balaban J connectivity index is 1.79. The second kappa shape index (κ2) is 5.46. The summed E-state index contributed by atoms with van der Waals surface area (Å²) in [5, 5.41) is 6.70. The van der Waals surface area contributed by atoms with Gasteiger partial charge >= 0.3 is 5.69 Å². The zero-order valence-electron chi connectivity index (χ0n) is 12.2. The van der Waals surface area contributed by atoms with E-state index in [1.807, 2.05) is 25.1 Å². The second-order valence-electron chi connectivity index (χ2n) is 5.32. The van der Waals surface area contributed by atoms with Crippen molar-refractivity contribution in [3.63, 3.8) is 0 Å². The van der Waals surface area contributed by atoms with E-state index < -0.39 is 0 Å². The highest BCUT2D eigenvalue weighted by atomic mass is 32.1. The van der Waals surface area contributed by atoms with Crippen LogP contribution in [0.15, 0.2) is 28.4 Å². The largest absolute Gasteiger partial charge is 0.323 e. The SMILES string of the molecule is Cc1csc(C(C)NC(C)c2ccc3[nH]c(=O)[nH]c3c2)n1. The normalized spacial score (nSPS) is 14.4. The van der Waals surface area contributed by atoms with Crippen LogP contribution in [0.4, 0.5) is 0 Å². The summed E-state index contributed by atoms with van der Waals surface area (Å²) in [7, 11) is 0. The molecule has 110 valence electrons. The van der Waals surface area contributed by atoms with Crippen LogP contribution in [-0.4, -0.2) is 15.0 Å². The first kappa shape index (κ1) is 14.0. The summed E-state index contributed by atoms with van der Waals surface area (Å²) in [5.74, 6) is 0. The van der Waals surface area contributed by atoms with Crippen LogP contribution in [0.1, 0.15) is 42.2 Å². The highest BCUT2D eigenvalue weighted by molar-refractivity contribution is 7.09. The Bertz CT molecular complexity index is 816. The highest BCUT2D eigenvalue weighted by Crippen LogP contribution is 2.23. The molecule has 5 nitrogen and oxygen atoms in total. The number of nitrogens with zero attached hydrogens (tertiary/aromatic N) is 1. The number of aromatic nitrogens is 3. The quantitative estimate of drug-likeness (QED) is 0.693. The number of hydrogen-bond donors (Lipinski definition) is 3. The van der Waals surface area contributed by atoms with Crippen molar-refractivity contribution in [2.24, 2.45) is 0 Å². The molecule has 0 aliphatic heterocycles. The third-order valence-electron chi connectivity index (χ3n) is 3.55. The van der Waals surface area contributed by atoms with E-state index >= 15 is 0 Å². The topological polar surface area (TPSA) is 73.6 Å². The maximum Gasteiger partial charge on any atom is 0.323 e. The Morgan fingerprint density at radius 3 is 2.67 bits per heavy atom. The lowest BCUT2D eigenvalue weighted by Gasteiger charge is -2.19. The lowest BCUT2D eigenvalue weighted by Crippen LogP contribution is -2.22. The lowest BCUT2D eigenvalue weighted by atomic mass is 10.1. The van der Waals surface area contributed by atoms with Crippen LogP contribution < -0.4 is 11.0 Å². The van der Waals surface area contributed by atoms with Crippen molar-refractivity contribution < 1.29 is 0 Å². The summed E-state index contributed by atoms with van der Waals surface area (Å²) in [6.07, 6.45) is 0. The average Bonchev–Trinajstić information content (AvgIpc) is 3.02. The van der Waals surface area contributed by atoms with Gasteiger partial charge in [-0.05, 0) is 38.5 Å². The maximum atomic E-state index is 11.3. The van der Waals surface area contributed by atoms with Gasteiger partial charge in [-0.3, -0.25) is 0 Å². The van der Waals surface area contributed by atoms with Crippen LogP contribution in [0.2, 0.25) is 0 Å². The zero-order valence-corrected chi connectivity index (χ0v) is 13.0. The van der Waals surface area contributed by atoms with Crippen LogP contribution >= 0.6 is 11.3 Å². The molecule has 0 saturated heterocycles. The number of aromatic amines is 2. The summed E-state index contributed by atoms with van der Waals surface area (Å²) >= 11 is 1.67. The molecule has 2 heterocycles. The van der Waals surface area contributed by atoms with Gasteiger partial charge in [0.2, 0.25) is 0 Å². The number of hydrogen-bond acceptors (Lipinski definition) is 4. The van der Waals surface area contributed by atoms with Crippen LogP contribution in [0, 0.1) is 6.92 Å². The first-order chi connectivity index (χ1) is 10.0. The standard InChI is InChI=1S/C15H18N4OS/c1-8-7-21-14(16-8)10(3)17-9(2)11-4-5-12-13(6-11)19-15(20)18-12/h4-7,9-10,17H,1-3H3,(H2,18,19,20). The van der Waals surface area contributed by atoms with Gasteiger partial charge in [0.05, 0.1) is 17.1 Å². The van der Waals surface area contributed by atoms with Gasteiger partial charge in [0.15, 0.2) is 0 Å². The van der Waals surface area contributed by atoms with E-state index in [2.05, 4.69) is 39.5 Å². The first-order valence-corrected chi connectivity index (χ1v) is 7.81. The predicted octanol–water partition coefficient (Wildman–Crippen LogP) is 3.03. The molecule has 0 aliphatic carbocycles. The molecule has 2 aromatic heterocycles. The van der Waals surface area contributed by atoms with Crippen LogP contribution in [0.25, 0.3) is 11.0 Å². The molecule has 1 aromatic carbocycles. The number of H-pyrrole nitrogens is 2. The number of imidazole rings is 1. The smallest absolute Gasteiger partial charge is 0.306 e. The van der Waals surface area contributed by atoms with Crippen molar-refractivity contribution in [1.29, 1.82) is 0 Å². The van der Waals surface area contributed by atoms with Gasteiger partial charge in [0, 0.05) is 17.1 Å². The molecule has 0 amide bonds. The fourth-order valence-corrected chi connectivity index (χ4v) is 3.25. The summed E-state index contributed by atoms with van der Waals surface area (Å²) in [4.78, 5) is 21.4. The van der Waals surface area contributed by atoms with E-state index in [0.29, 0.717) is 0 Å². The number of benzene rings is 1. The highest BCUT2D eigenvalue weighted by Gasteiger charge is 2.14. The molecule has 0 spiro atoms. The van der Waals surface area contributed by atoms with E-state index in [-0.39, 0.29) is 17.8 Å². The minimum atomic E-state index is -0.172. The van der Waals surface area contributed by atoms with Crippen molar-refractivity contribution in [3.8, 4) is 0 Å². The molecule has 3 aromatic rings. The predicted molar refractivity (Wildman–Crippen MR) is 85.7 cm³/mol. The molecule has 0 radical (unpaired) electrons. The van der Waals surface area contributed by atoms with Gasteiger partial charge in [-0.2, -0.15) is 0 Å². The van der Waals surface area contributed by atoms with Gasteiger partial charge < -0.3 is 15.3 Å². The number of nitrogens with one attached hydrogen (secondary N) is 3. The molecule has 21 heavy (non-hydrogen) atoms. The molecule has 0 fully saturated rings. The van der Waals surface area contributed by atoms with E-state index in [1.54, 1.807) is 11.3 Å². The lowest BCUT2D eigenvalue weighted by molar-refractivity contribution is 0.493. The van der Waals surface area contributed by atoms with Gasteiger partial charge in [0.1, 0.15) is 5.01 Å².